The van der Waals surface area contributed by atoms with Crippen LogP contribution in [0.25, 0.3) is 0 Å². The fourth-order valence-corrected chi connectivity index (χ4v) is 1.99. The Labute approximate surface area is 116 Å². The zero-order chi connectivity index (χ0) is 14.0. The molecule has 0 aliphatic carbocycles. The number of hydrogen-bond acceptors (Lipinski definition) is 3. The van der Waals surface area contributed by atoms with Gasteiger partial charge in [0.15, 0.2) is 0 Å². The molecule has 1 aromatic heterocycles. The Morgan fingerprint density at radius 1 is 1.42 bits per heavy atom. The fraction of sp³-hybridized carbons (Fsp3) is 0.167. The van der Waals surface area contributed by atoms with Crippen LogP contribution in [0.2, 0.25) is 0 Å². The van der Waals surface area contributed by atoms with Crippen LogP contribution < -0.4 is 10.9 Å². The summed E-state index contributed by atoms with van der Waals surface area (Å²) in [5.74, 6) is -1.27. The maximum Gasteiger partial charge on any atom is 0.282 e. The number of aromatic nitrogens is 2. The zero-order valence-corrected chi connectivity index (χ0v) is 11.5. The molecule has 1 heterocycles. The summed E-state index contributed by atoms with van der Waals surface area (Å²) in [6.45, 7) is 0.125. The van der Waals surface area contributed by atoms with Crippen LogP contribution in [0.3, 0.4) is 0 Å². The van der Waals surface area contributed by atoms with Crippen molar-refractivity contribution in [2.45, 2.75) is 6.54 Å². The molecule has 0 radical (unpaired) electrons. The molecular weight excluding hydrogens is 320 g/mol. The molecule has 0 fully saturated rings. The van der Waals surface area contributed by atoms with E-state index in [1.54, 1.807) is 0 Å². The molecule has 0 aliphatic heterocycles. The van der Waals surface area contributed by atoms with E-state index in [0.29, 0.717) is 15.7 Å². The first-order valence-corrected chi connectivity index (χ1v) is 6.18. The molecule has 7 heteroatoms. The van der Waals surface area contributed by atoms with Crippen LogP contribution in [-0.4, -0.2) is 9.78 Å². The van der Waals surface area contributed by atoms with Gasteiger partial charge in [0.25, 0.3) is 5.56 Å². The lowest BCUT2D eigenvalue weighted by Crippen LogP contribution is -2.21. The van der Waals surface area contributed by atoms with Gasteiger partial charge in [-0.3, -0.25) is 4.79 Å². The van der Waals surface area contributed by atoms with Crippen molar-refractivity contribution in [2.75, 3.05) is 5.32 Å². The molecule has 0 atom stereocenters. The van der Waals surface area contributed by atoms with Crippen molar-refractivity contribution in [1.29, 1.82) is 0 Å². The number of anilines is 1. The van der Waals surface area contributed by atoms with Gasteiger partial charge in [-0.05, 0) is 22.0 Å². The van der Waals surface area contributed by atoms with E-state index in [4.69, 9.17) is 0 Å². The Morgan fingerprint density at radius 2 is 2.16 bits per heavy atom. The summed E-state index contributed by atoms with van der Waals surface area (Å²) in [6, 6.07) is 3.34. The second-order valence-electron chi connectivity index (χ2n) is 3.89. The molecule has 0 aliphatic rings. The molecule has 0 unspecified atom stereocenters. The van der Waals surface area contributed by atoms with E-state index in [0.717, 1.165) is 6.07 Å². The highest BCUT2D eigenvalue weighted by Gasteiger charge is 2.08. The molecule has 1 aromatic carbocycles. The first-order chi connectivity index (χ1) is 8.99. The van der Waals surface area contributed by atoms with E-state index in [2.05, 4.69) is 26.3 Å². The number of rotatable bonds is 3. The standard InChI is InChI=1S/C12H10BrF2N3O/c1-18-12(19)11(13)10(6-17-18)16-5-7-2-3-8(14)4-9(7)15/h2-4,6,16H,5H2,1H3. The molecule has 0 saturated carbocycles. The van der Waals surface area contributed by atoms with Crippen molar-refractivity contribution in [2.24, 2.45) is 7.05 Å². The fourth-order valence-electron chi connectivity index (χ4n) is 1.49. The number of hydrogen-bond donors (Lipinski definition) is 1. The van der Waals surface area contributed by atoms with Crippen molar-refractivity contribution < 1.29 is 8.78 Å². The Kier molecular flexibility index (Phi) is 3.94. The van der Waals surface area contributed by atoms with Crippen molar-refractivity contribution in [1.82, 2.24) is 9.78 Å². The summed E-state index contributed by atoms with van der Waals surface area (Å²) in [5.41, 5.74) is 0.449. The van der Waals surface area contributed by atoms with Gasteiger partial charge >= 0.3 is 0 Å². The van der Waals surface area contributed by atoms with E-state index >= 15 is 0 Å². The lowest BCUT2D eigenvalue weighted by Gasteiger charge is -2.09. The second-order valence-corrected chi connectivity index (χ2v) is 4.68. The summed E-state index contributed by atoms with van der Waals surface area (Å²) in [7, 11) is 1.52. The average Bonchev–Trinajstić information content (AvgIpc) is 2.37. The number of benzene rings is 1. The Hall–Kier alpha value is -1.76. The SMILES string of the molecule is Cn1ncc(NCc2ccc(F)cc2F)c(Br)c1=O. The topological polar surface area (TPSA) is 46.9 Å². The molecule has 0 spiro atoms. The van der Waals surface area contributed by atoms with Crippen LogP contribution in [0.1, 0.15) is 5.56 Å². The normalized spacial score (nSPS) is 10.5. The molecule has 19 heavy (non-hydrogen) atoms. The third-order valence-corrected chi connectivity index (χ3v) is 3.33. The minimum Gasteiger partial charge on any atom is -0.378 e. The smallest absolute Gasteiger partial charge is 0.282 e. The van der Waals surface area contributed by atoms with Gasteiger partial charge in [-0.1, -0.05) is 6.07 Å². The molecule has 100 valence electrons. The number of nitrogens with zero attached hydrogens (tertiary/aromatic N) is 2. The Morgan fingerprint density at radius 3 is 2.84 bits per heavy atom. The van der Waals surface area contributed by atoms with Crippen LogP contribution in [-0.2, 0) is 13.6 Å². The van der Waals surface area contributed by atoms with Crippen LogP contribution in [0.4, 0.5) is 14.5 Å². The van der Waals surface area contributed by atoms with Gasteiger partial charge in [0.05, 0.1) is 11.9 Å². The van der Waals surface area contributed by atoms with Gasteiger partial charge in [-0.25, -0.2) is 13.5 Å². The number of aryl methyl sites for hydroxylation is 1. The van der Waals surface area contributed by atoms with Crippen LogP contribution in [0.15, 0.2) is 33.7 Å². The lowest BCUT2D eigenvalue weighted by molar-refractivity contribution is 0.574. The average molecular weight is 330 g/mol. The monoisotopic (exact) mass is 329 g/mol. The van der Waals surface area contributed by atoms with Gasteiger partial charge in [0.1, 0.15) is 16.1 Å². The van der Waals surface area contributed by atoms with Crippen molar-refractivity contribution in [3.63, 3.8) is 0 Å². The van der Waals surface area contributed by atoms with Crippen LogP contribution in [0, 0.1) is 11.6 Å². The summed E-state index contributed by atoms with van der Waals surface area (Å²) in [6.07, 6.45) is 1.45. The second kappa shape index (κ2) is 5.48. The highest BCUT2D eigenvalue weighted by atomic mass is 79.9. The Balaban J connectivity index is 2.19. The lowest BCUT2D eigenvalue weighted by atomic mass is 10.2. The van der Waals surface area contributed by atoms with E-state index < -0.39 is 11.6 Å². The molecular formula is C12H10BrF2N3O. The molecule has 0 saturated heterocycles. The largest absolute Gasteiger partial charge is 0.378 e. The summed E-state index contributed by atoms with van der Waals surface area (Å²) < 4.78 is 27.7. The summed E-state index contributed by atoms with van der Waals surface area (Å²) in [4.78, 5) is 11.6. The predicted molar refractivity (Wildman–Crippen MR) is 70.9 cm³/mol. The maximum atomic E-state index is 13.4. The summed E-state index contributed by atoms with van der Waals surface area (Å²) in [5, 5.41) is 6.72. The van der Waals surface area contributed by atoms with Crippen molar-refractivity contribution in [3.8, 4) is 0 Å². The third-order valence-electron chi connectivity index (χ3n) is 2.56. The van der Waals surface area contributed by atoms with Crippen LogP contribution >= 0.6 is 15.9 Å². The number of nitrogens with one attached hydrogen (secondary N) is 1. The molecule has 2 aromatic rings. The molecule has 2 rings (SSSR count). The Bertz CT molecular complexity index is 673. The van der Waals surface area contributed by atoms with Crippen LogP contribution in [0.5, 0.6) is 0 Å². The highest BCUT2D eigenvalue weighted by molar-refractivity contribution is 9.10. The highest BCUT2D eigenvalue weighted by Crippen LogP contribution is 2.18. The van der Waals surface area contributed by atoms with Gasteiger partial charge in [-0.2, -0.15) is 5.10 Å². The van der Waals surface area contributed by atoms with Crippen molar-refractivity contribution in [3.05, 3.63) is 56.4 Å². The van der Waals surface area contributed by atoms with Crippen molar-refractivity contribution >= 4 is 21.6 Å². The quantitative estimate of drug-likeness (QED) is 0.940. The molecule has 1 N–H and O–H groups in total. The van der Waals surface area contributed by atoms with Gasteiger partial charge in [0.2, 0.25) is 0 Å². The van der Waals surface area contributed by atoms with E-state index in [1.165, 1.54) is 30.1 Å². The van der Waals surface area contributed by atoms with E-state index in [-0.39, 0.29) is 12.1 Å². The first kappa shape index (κ1) is 13.7. The van der Waals surface area contributed by atoms with Gasteiger partial charge in [0, 0.05) is 25.2 Å². The maximum absolute atomic E-state index is 13.4. The third kappa shape index (κ3) is 2.98. The predicted octanol–water partition coefficient (Wildman–Crippen LogP) is 2.43. The number of halogens is 3. The minimum atomic E-state index is -0.639. The summed E-state index contributed by atoms with van der Waals surface area (Å²) >= 11 is 3.15. The zero-order valence-electron chi connectivity index (χ0n) is 9.95. The van der Waals surface area contributed by atoms with Gasteiger partial charge in [-0.15, -0.1) is 0 Å². The van der Waals surface area contributed by atoms with Gasteiger partial charge < -0.3 is 5.32 Å². The first-order valence-electron chi connectivity index (χ1n) is 5.38. The molecule has 0 amide bonds. The minimum absolute atomic E-state index is 0.125. The molecule has 4 nitrogen and oxygen atoms in total. The van der Waals surface area contributed by atoms with E-state index in [9.17, 15) is 13.6 Å². The molecule has 0 bridgehead atoms. The van der Waals surface area contributed by atoms with E-state index in [1.807, 2.05) is 0 Å².